The van der Waals surface area contributed by atoms with Crippen LogP contribution in [0.2, 0.25) is 0 Å². The summed E-state index contributed by atoms with van der Waals surface area (Å²) < 4.78 is 0.747. The highest BCUT2D eigenvalue weighted by atomic mass is 79.9. The molecule has 0 spiro atoms. The number of carbonyl (C=O) groups excluding carboxylic acids is 2. The molecule has 1 unspecified atom stereocenters. The Morgan fingerprint density at radius 2 is 2.28 bits per heavy atom. The van der Waals surface area contributed by atoms with Gasteiger partial charge in [0.05, 0.1) is 5.56 Å². The Morgan fingerprint density at radius 1 is 1.56 bits per heavy atom. The Labute approximate surface area is 114 Å². The lowest BCUT2D eigenvalue weighted by Crippen LogP contribution is -2.42. The summed E-state index contributed by atoms with van der Waals surface area (Å²) in [5.74, 6) is -0.189. The van der Waals surface area contributed by atoms with Crippen molar-refractivity contribution in [2.75, 3.05) is 20.6 Å². The zero-order valence-corrected chi connectivity index (χ0v) is 11.8. The minimum Gasteiger partial charge on any atom is -0.344 e. The minimum atomic E-state index is -0.360. The number of amides is 2. The average molecular weight is 312 g/mol. The van der Waals surface area contributed by atoms with Gasteiger partial charge in [-0.15, -0.1) is 0 Å². The molecule has 0 radical (unpaired) electrons. The normalized spacial score (nSPS) is 19.2. The first-order chi connectivity index (χ1) is 8.50. The topological polar surface area (TPSA) is 53.5 Å². The number of nitrogens with zero attached hydrogens (tertiary/aromatic N) is 3. The number of likely N-dealkylation sites (tertiary alicyclic amines) is 1. The summed E-state index contributed by atoms with van der Waals surface area (Å²) in [4.78, 5) is 31.2. The summed E-state index contributed by atoms with van der Waals surface area (Å²) in [5.41, 5.74) is 0.481. The highest BCUT2D eigenvalue weighted by molar-refractivity contribution is 9.10. The van der Waals surface area contributed by atoms with Crippen LogP contribution in [-0.4, -0.2) is 53.3 Å². The molecule has 0 bridgehead atoms. The first kappa shape index (κ1) is 13.0. The first-order valence-corrected chi connectivity index (χ1v) is 6.42. The second-order valence-electron chi connectivity index (χ2n) is 4.37. The maximum atomic E-state index is 12.2. The standard InChI is InChI=1S/C12H14BrN3O2/c1-15-4-3-10(12(15)18)16(2)11(17)8-5-9(13)7-14-6-8/h5-7,10H,3-4H2,1-2H3. The Bertz CT molecular complexity index is 492. The van der Waals surface area contributed by atoms with Gasteiger partial charge in [0, 0.05) is 37.5 Å². The Morgan fingerprint density at radius 3 is 2.83 bits per heavy atom. The molecule has 1 aliphatic heterocycles. The Balaban J connectivity index is 2.17. The largest absolute Gasteiger partial charge is 0.344 e. The highest BCUT2D eigenvalue weighted by Crippen LogP contribution is 2.18. The third-order valence-corrected chi connectivity index (χ3v) is 3.57. The number of carbonyl (C=O) groups is 2. The maximum Gasteiger partial charge on any atom is 0.255 e. The van der Waals surface area contributed by atoms with Gasteiger partial charge in [-0.3, -0.25) is 14.6 Å². The zero-order chi connectivity index (χ0) is 13.3. The molecular weight excluding hydrogens is 298 g/mol. The lowest BCUT2D eigenvalue weighted by atomic mass is 10.2. The third-order valence-electron chi connectivity index (χ3n) is 3.14. The molecule has 2 heterocycles. The smallest absolute Gasteiger partial charge is 0.255 e. The first-order valence-electron chi connectivity index (χ1n) is 5.63. The van der Waals surface area contributed by atoms with Gasteiger partial charge in [-0.25, -0.2) is 0 Å². The molecule has 1 saturated heterocycles. The van der Waals surface area contributed by atoms with Crippen molar-refractivity contribution in [3.8, 4) is 0 Å². The third kappa shape index (κ3) is 2.38. The van der Waals surface area contributed by atoms with E-state index in [-0.39, 0.29) is 17.9 Å². The average Bonchev–Trinajstić information content (AvgIpc) is 2.68. The van der Waals surface area contributed by atoms with E-state index in [1.807, 2.05) is 0 Å². The Kier molecular flexibility index (Phi) is 3.65. The summed E-state index contributed by atoms with van der Waals surface area (Å²) in [6.45, 7) is 0.692. The molecule has 0 saturated carbocycles. The van der Waals surface area contributed by atoms with Crippen LogP contribution in [0.15, 0.2) is 22.9 Å². The minimum absolute atomic E-state index is 0.00574. The summed E-state index contributed by atoms with van der Waals surface area (Å²) in [6.07, 6.45) is 3.80. The van der Waals surface area contributed by atoms with Gasteiger partial charge in [-0.05, 0) is 28.4 Å². The van der Waals surface area contributed by atoms with Gasteiger partial charge in [-0.2, -0.15) is 0 Å². The molecule has 0 aliphatic carbocycles. The zero-order valence-electron chi connectivity index (χ0n) is 10.3. The van der Waals surface area contributed by atoms with Crippen LogP contribution >= 0.6 is 15.9 Å². The predicted octanol–water partition coefficient (Wildman–Crippen LogP) is 1.15. The van der Waals surface area contributed by atoms with Gasteiger partial charge in [-0.1, -0.05) is 0 Å². The van der Waals surface area contributed by atoms with Gasteiger partial charge in [0.25, 0.3) is 5.91 Å². The molecule has 1 aliphatic rings. The second kappa shape index (κ2) is 5.06. The van der Waals surface area contributed by atoms with Crippen LogP contribution in [-0.2, 0) is 4.79 Å². The highest BCUT2D eigenvalue weighted by Gasteiger charge is 2.34. The van der Waals surface area contributed by atoms with Crippen LogP contribution in [0.5, 0.6) is 0 Å². The van der Waals surface area contributed by atoms with Crippen LogP contribution in [0.3, 0.4) is 0 Å². The molecule has 2 rings (SSSR count). The van der Waals surface area contributed by atoms with Crippen LogP contribution in [0.4, 0.5) is 0 Å². The van der Waals surface area contributed by atoms with Crippen molar-refractivity contribution in [1.29, 1.82) is 0 Å². The van der Waals surface area contributed by atoms with E-state index in [4.69, 9.17) is 0 Å². The summed E-state index contributed by atoms with van der Waals surface area (Å²) >= 11 is 3.28. The van der Waals surface area contributed by atoms with Gasteiger partial charge in [0.2, 0.25) is 5.91 Å². The fourth-order valence-corrected chi connectivity index (χ4v) is 2.40. The van der Waals surface area contributed by atoms with Crippen molar-refractivity contribution in [3.05, 3.63) is 28.5 Å². The number of aromatic nitrogens is 1. The number of hydrogen-bond donors (Lipinski definition) is 0. The SMILES string of the molecule is CN1CCC(N(C)C(=O)c2cncc(Br)c2)C1=O. The van der Waals surface area contributed by atoms with E-state index < -0.39 is 0 Å². The number of likely N-dealkylation sites (N-methyl/N-ethyl adjacent to an activating group) is 2. The van der Waals surface area contributed by atoms with E-state index in [1.54, 1.807) is 31.3 Å². The van der Waals surface area contributed by atoms with Gasteiger partial charge >= 0.3 is 0 Å². The van der Waals surface area contributed by atoms with Crippen LogP contribution < -0.4 is 0 Å². The van der Waals surface area contributed by atoms with E-state index in [0.29, 0.717) is 18.5 Å². The fourth-order valence-electron chi connectivity index (χ4n) is 2.04. The maximum absolute atomic E-state index is 12.2. The molecule has 5 nitrogen and oxygen atoms in total. The van der Waals surface area contributed by atoms with Crippen LogP contribution in [0.25, 0.3) is 0 Å². The molecule has 1 aromatic heterocycles. The van der Waals surface area contributed by atoms with Crippen LogP contribution in [0, 0.1) is 0 Å². The summed E-state index contributed by atoms with van der Waals surface area (Å²) in [6, 6.07) is 1.34. The fraction of sp³-hybridized carbons (Fsp3) is 0.417. The van der Waals surface area contributed by atoms with Crippen molar-refractivity contribution in [3.63, 3.8) is 0 Å². The van der Waals surface area contributed by atoms with E-state index >= 15 is 0 Å². The van der Waals surface area contributed by atoms with Crippen molar-refractivity contribution >= 4 is 27.7 Å². The molecule has 18 heavy (non-hydrogen) atoms. The summed E-state index contributed by atoms with van der Waals surface area (Å²) in [7, 11) is 3.41. The van der Waals surface area contributed by atoms with Crippen molar-refractivity contribution in [2.24, 2.45) is 0 Å². The van der Waals surface area contributed by atoms with Crippen molar-refractivity contribution in [2.45, 2.75) is 12.5 Å². The second-order valence-corrected chi connectivity index (χ2v) is 5.29. The summed E-state index contributed by atoms with van der Waals surface area (Å²) in [5, 5.41) is 0. The lowest BCUT2D eigenvalue weighted by Gasteiger charge is -2.23. The monoisotopic (exact) mass is 311 g/mol. The van der Waals surface area contributed by atoms with Crippen LogP contribution in [0.1, 0.15) is 16.8 Å². The molecule has 1 fully saturated rings. The quantitative estimate of drug-likeness (QED) is 0.823. The molecule has 2 amide bonds. The predicted molar refractivity (Wildman–Crippen MR) is 70.1 cm³/mol. The van der Waals surface area contributed by atoms with Gasteiger partial charge < -0.3 is 9.80 Å². The van der Waals surface area contributed by atoms with E-state index in [2.05, 4.69) is 20.9 Å². The van der Waals surface area contributed by atoms with Crippen molar-refractivity contribution in [1.82, 2.24) is 14.8 Å². The van der Waals surface area contributed by atoms with E-state index in [9.17, 15) is 9.59 Å². The number of pyridine rings is 1. The molecule has 1 atom stereocenters. The Hall–Kier alpha value is -1.43. The number of hydrogen-bond acceptors (Lipinski definition) is 3. The molecular formula is C12H14BrN3O2. The van der Waals surface area contributed by atoms with Gasteiger partial charge in [0.15, 0.2) is 0 Å². The van der Waals surface area contributed by atoms with E-state index in [0.717, 1.165) is 4.47 Å². The molecule has 6 heteroatoms. The lowest BCUT2D eigenvalue weighted by molar-refractivity contribution is -0.130. The molecule has 0 aromatic carbocycles. The molecule has 96 valence electrons. The van der Waals surface area contributed by atoms with Crippen molar-refractivity contribution < 1.29 is 9.59 Å². The number of halogens is 1. The molecule has 1 aromatic rings. The van der Waals surface area contributed by atoms with E-state index in [1.165, 1.54) is 11.1 Å². The number of rotatable bonds is 2. The van der Waals surface area contributed by atoms with Gasteiger partial charge in [0.1, 0.15) is 6.04 Å². The molecule has 0 N–H and O–H groups in total.